The lowest BCUT2D eigenvalue weighted by atomic mass is 9.98. The average Bonchev–Trinajstić information content (AvgIpc) is 2.77. The van der Waals surface area contributed by atoms with Crippen LogP contribution in [0.4, 0.5) is 10.1 Å². The van der Waals surface area contributed by atoms with E-state index in [0.717, 1.165) is 0 Å². The first-order chi connectivity index (χ1) is 14.6. The van der Waals surface area contributed by atoms with Gasteiger partial charge in [0.2, 0.25) is 0 Å². The SMILES string of the molecule is N#CCCCOc1cccc(NC(=O)c2ccccc2C(=O)c2ccc(F)cc2)c1. The molecule has 3 aromatic rings. The standard InChI is InChI=1S/C24H19FN2O3/c25-18-12-10-17(11-13-18)23(28)21-8-1-2-9-22(21)24(29)27-19-6-5-7-20(16-19)30-15-4-3-14-26/h1-2,5-13,16H,3-4,15H2,(H,27,29). The van der Waals surface area contributed by atoms with Gasteiger partial charge in [0.1, 0.15) is 11.6 Å². The third-order valence-electron chi connectivity index (χ3n) is 4.32. The first-order valence-electron chi connectivity index (χ1n) is 9.39. The van der Waals surface area contributed by atoms with E-state index in [0.29, 0.717) is 36.4 Å². The number of ketones is 1. The van der Waals surface area contributed by atoms with Crippen molar-refractivity contribution in [2.45, 2.75) is 12.8 Å². The van der Waals surface area contributed by atoms with Crippen molar-refractivity contribution in [2.75, 3.05) is 11.9 Å². The molecule has 0 saturated heterocycles. The Hall–Kier alpha value is -3.98. The zero-order valence-electron chi connectivity index (χ0n) is 16.1. The number of unbranched alkanes of at least 4 members (excludes halogenated alkanes) is 1. The molecular formula is C24H19FN2O3. The maximum absolute atomic E-state index is 13.2. The Bertz CT molecular complexity index is 1090. The Morgan fingerprint density at radius 2 is 1.70 bits per heavy atom. The van der Waals surface area contributed by atoms with Crippen molar-refractivity contribution in [3.05, 3.63) is 95.3 Å². The van der Waals surface area contributed by atoms with E-state index in [-0.39, 0.29) is 16.9 Å². The minimum atomic E-state index is -0.442. The van der Waals surface area contributed by atoms with Gasteiger partial charge in [-0.3, -0.25) is 9.59 Å². The Labute approximate surface area is 173 Å². The van der Waals surface area contributed by atoms with Gasteiger partial charge in [-0.2, -0.15) is 5.26 Å². The van der Waals surface area contributed by atoms with E-state index in [1.54, 1.807) is 48.5 Å². The van der Waals surface area contributed by atoms with Crippen molar-refractivity contribution in [1.82, 2.24) is 0 Å². The number of amides is 1. The predicted molar refractivity (Wildman–Crippen MR) is 111 cm³/mol. The van der Waals surface area contributed by atoms with Crippen LogP contribution in [-0.4, -0.2) is 18.3 Å². The summed E-state index contributed by atoms with van der Waals surface area (Å²) >= 11 is 0. The summed E-state index contributed by atoms with van der Waals surface area (Å²) in [5.41, 5.74) is 1.25. The normalized spacial score (nSPS) is 10.1. The number of anilines is 1. The molecule has 1 N–H and O–H groups in total. The summed E-state index contributed by atoms with van der Waals surface area (Å²) in [6, 6.07) is 20.6. The molecule has 3 aromatic carbocycles. The monoisotopic (exact) mass is 402 g/mol. The number of hydrogen-bond donors (Lipinski definition) is 1. The zero-order chi connectivity index (χ0) is 21.3. The van der Waals surface area contributed by atoms with E-state index < -0.39 is 11.7 Å². The molecule has 1 amide bonds. The number of carbonyl (C=O) groups excluding carboxylic acids is 2. The average molecular weight is 402 g/mol. The lowest BCUT2D eigenvalue weighted by Crippen LogP contribution is -2.17. The van der Waals surface area contributed by atoms with Crippen LogP contribution in [0.1, 0.15) is 39.1 Å². The Kier molecular flexibility index (Phi) is 6.91. The molecule has 0 heterocycles. The van der Waals surface area contributed by atoms with Crippen LogP contribution in [-0.2, 0) is 0 Å². The van der Waals surface area contributed by atoms with Crippen LogP contribution in [0.5, 0.6) is 5.75 Å². The molecule has 0 aliphatic heterocycles. The Morgan fingerprint density at radius 1 is 0.967 bits per heavy atom. The molecule has 0 spiro atoms. The minimum absolute atomic E-state index is 0.215. The van der Waals surface area contributed by atoms with Gasteiger partial charge in [0, 0.05) is 29.3 Å². The van der Waals surface area contributed by atoms with E-state index >= 15 is 0 Å². The molecule has 0 radical (unpaired) electrons. The highest BCUT2D eigenvalue weighted by atomic mass is 19.1. The van der Waals surface area contributed by atoms with Crippen LogP contribution >= 0.6 is 0 Å². The zero-order valence-corrected chi connectivity index (χ0v) is 16.1. The Balaban J connectivity index is 1.76. The number of carbonyl (C=O) groups is 2. The summed E-state index contributed by atoms with van der Waals surface area (Å²) in [7, 11) is 0. The number of nitriles is 1. The second kappa shape index (κ2) is 9.99. The van der Waals surface area contributed by atoms with E-state index in [2.05, 4.69) is 11.4 Å². The maximum atomic E-state index is 13.2. The fourth-order valence-corrected chi connectivity index (χ4v) is 2.84. The summed E-state index contributed by atoms with van der Waals surface area (Å²) in [5, 5.41) is 11.3. The van der Waals surface area contributed by atoms with Gasteiger partial charge < -0.3 is 10.1 Å². The summed E-state index contributed by atoms with van der Waals surface area (Å²) in [6.07, 6.45) is 1.03. The van der Waals surface area contributed by atoms with E-state index in [1.807, 2.05) is 0 Å². The van der Waals surface area contributed by atoms with Crippen molar-refractivity contribution in [3.8, 4) is 11.8 Å². The molecule has 0 bridgehead atoms. The molecule has 5 nitrogen and oxygen atoms in total. The second-order valence-electron chi connectivity index (χ2n) is 6.47. The fourth-order valence-electron chi connectivity index (χ4n) is 2.84. The third-order valence-corrected chi connectivity index (χ3v) is 4.32. The number of rotatable bonds is 8. The Morgan fingerprint density at radius 3 is 2.43 bits per heavy atom. The van der Waals surface area contributed by atoms with Crippen molar-refractivity contribution < 1.29 is 18.7 Å². The third kappa shape index (κ3) is 5.30. The predicted octanol–water partition coefficient (Wildman–Crippen LogP) is 4.99. The van der Waals surface area contributed by atoms with Gasteiger partial charge in [0.05, 0.1) is 18.2 Å². The number of nitrogens with zero attached hydrogens (tertiary/aromatic N) is 1. The molecule has 0 fully saturated rings. The van der Waals surface area contributed by atoms with Crippen molar-refractivity contribution in [3.63, 3.8) is 0 Å². The number of benzene rings is 3. The van der Waals surface area contributed by atoms with Gasteiger partial charge in [-0.05, 0) is 48.9 Å². The molecule has 0 atom stereocenters. The smallest absolute Gasteiger partial charge is 0.256 e. The molecule has 0 aliphatic rings. The molecule has 0 unspecified atom stereocenters. The van der Waals surface area contributed by atoms with Gasteiger partial charge in [-0.15, -0.1) is 0 Å². The van der Waals surface area contributed by atoms with Crippen LogP contribution in [0.25, 0.3) is 0 Å². The summed E-state index contributed by atoms with van der Waals surface area (Å²) in [6.45, 7) is 0.403. The maximum Gasteiger partial charge on any atom is 0.256 e. The van der Waals surface area contributed by atoms with Gasteiger partial charge in [0.25, 0.3) is 5.91 Å². The van der Waals surface area contributed by atoms with Gasteiger partial charge >= 0.3 is 0 Å². The van der Waals surface area contributed by atoms with Crippen LogP contribution in [0, 0.1) is 17.1 Å². The number of nitrogens with one attached hydrogen (secondary N) is 1. The fraction of sp³-hybridized carbons (Fsp3) is 0.125. The second-order valence-corrected chi connectivity index (χ2v) is 6.47. The largest absolute Gasteiger partial charge is 0.493 e. The lowest BCUT2D eigenvalue weighted by molar-refractivity contribution is 0.0996. The highest BCUT2D eigenvalue weighted by molar-refractivity contribution is 6.17. The number of ether oxygens (including phenoxy) is 1. The highest BCUT2D eigenvalue weighted by Gasteiger charge is 2.18. The number of hydrogen-bond acceptors (Lipinski definition) is 4. The first-order valence-corrected chi connectivity index (χ1v) is 9.39. The van der Waals surface area contributed by atoms with Crippen molar-refractivity contribution >= 4 is 17.4 Å². The first kappa shape index (κ1) is 20.7. The van der Waals surface area contributed by atoms with Crippen LogP contribution in [0.3, 0.4) is 0 Å². The van der Waals surface area contributed by atoms with Crippen molar-refractivity contribution in [1.29, 1.82) is 5.26 Å². The van der Waals surface area contributed by atoms with Gasteiger partial charge in [0.15, 0.2) is 5.78 Å². The molecular weight excluding hydrogens is 383 g/mol. The van der Waals surface area contributed by atoms with Crippen molar-refractivity contribution in [2.24, 2.45) is 0 Å². The summed E-state index contributed by atoms with van der Waals surface area (Å²) in [5.74, 6) is -0.674. The summed E-state index contributed by atoms with van der Waals surface area (Å²) in [4.78, 5) is 25.7. The van der Waals surface area contributed by atoms with Gasteiger partial charge in [-0.1, -0.05) is 24.3 Å². The highest BCUT2D eigenvalue weighted by Crippen LogP contribution is 2.20. The molecule has 3 rings (SSSR count). The van der Waals surface area contributed by atoms with Gasteiger partial charge in [-0.25, -0.2) is 4.39 Å². The van der Waals surface area contributed by atoms with Crippen LogP contribution in [0.15, 0.2) is 72.8 Å². The topological polar surface area (TPSA) is 79.2 Å². The molecule has 0 aromatic heterocycles. The summed E-state index contributed by atoms with van der Waals surface area (Å²) < 4.78 is 18.7. The number of halogens is 1. The van der Waals surface area contributed by atoms with E-state index in [9.17, 15) is 14.0 Å². The minimum Gasteiger partial charge on any atom is -0.493 e. The molecule has 0 aliphatic carbocycles. The van der Waals surface area contributed by atoms with E-state index in [4.69, 9.17) is 10.00 Å². The van der Waals surface area contributed by atoms with Crippen LogP contribution < -0.4 is 10.1 Å². The molecule has 30 heavy (non-hydrogen) atoms. The molecule has 0 saturated carbocycles. The lowest BCUT2D eigenvalue weighted by Gasteiger charge is -2.11. The van der Waals surface area contributed by atoms with Crippen LogP contribution in [0.2, 0.25) is 0 Å². The van der Waals surface area contributed by atoms with E-state index in [1.165, 1.54) is 24.3 Å². The quantitative estimate of drug-likeness (QED) is 0.425. The molecule has 150 valence electrons. The molecule has 6 heteroatoms.